The highest BCUT2D eigenvalue weighted by Gasteiger charge is 2.31. The normalized spacial score (nSPS) is 20.2. The largest absolute Gasteiger partial charge is 0.466 e. The van der Waals surface area contributed by atoms with Crippen LogP contribution in [0.25, 0.3) is 0 Å². The van der Waals surface area contributed by atoms with Gasteiger partial charge in [0.2, 0.25) is 0 Å². The molecule has 3 rings (SSSR count). The zero-order valence-corrected chi connectivity index (χ0v) is 17.5. The van der Waals surface area contributed by atoms with Crippen molar-refractivity contribution in [1.82, 2.24) is 4.90 Å². The molecule has 2 aromatic carbocycles. The van der Waals surface area contributed by atoms with Gasteiger partial charge in [-0.1, -0.05) is 35.9 Å². The molecule has 30 heavy (non-hydrogen) atoms. The summed E-state index contributed by atoms with van der Waals surface area (Å²) in [4.78, 5) is 14.2. The summed E-state index contributed by atoms with van der Waals surface area (Å²) in [5.74, 6) is 0.0753. The van der Waals surface area contributed by atoms with Crippen LogP contribution >= 0.6 is 11.6 Å². The first kappa shape index (κ1) is 22.6. The number of carbonyl (C=O) groups is 1. The molecule has 0 radical (unpaired) electrons. The second-order valence-electron chi connectivity index (χ2n) is 7.75. The first-order valence-corrected chi connectivity index (χ1v) is 10.4. The molecule has 1 heterocycles. The molecule has 0 spiro atoms. The third kappa shape index (κ3) is 6.22. The molecule has 2 aromatic rings. The molecule has 2 unspecified atom stereocenters. The third-order valence-electron chi connectivity index (χ3n) is 5.38. The van der Waals surface area contributed by atoms with Gasteiger partial charge in [-0.15, -0.1) is 0 Å². The van der Waals surface area contributed by atoms with Gasteiger partial charge in [-0.2, -0.15) is 13.2 Å². The number of nitrogens with zero attached hydrogens (tertiary/aromatic N) is 1. The maximum absolute atomic E-state index is 12.8. The molecule has 7 heteroatoms. The minimum atomic E-state index is -4.34. The quantitative estimate of drug-likeness (QED) is 0.523. The van der Waals surface area contributed by atoms with E-state index in [0.717, 1.165) is 36.2 Å². The Morgan fingerprint density at radius 2 is 1.90 bits per heavy atom. The second kappa shape index (κ2) is 9.84. The van der Waals surface area contributed by atoms with Gasteiger partial charge in [0.1, 0.15) is 0 Å². The van der Waals surface area contributed by atoms with E-state index in [4.69, 9.17) is 16.3 Å². The molecule has 162 valence electrons. The fourth-order valence-electron chi connectivity index (χ4n) is 4.09. The molecule has 1 fully saturated rings. The Kier molecular flexibility index (Phi) is 7.42. The molecule has 0 amide bonds. The number of likely N-dealkylation sites (tertiary alicyclic amines) is 1. The van der Waals surface area contributed by atoms with Gasteiger partial charge in [0.15, 0.2) is 0 Å². The molecular weight excluding hydrogens is 415 g/mol. The zero-order valence-electron chi connectivity index (χ0n) is 16.8. The number of hydrogen-bond acceptors (Lipinski definition) is 3. The lowest BCUT2D eigenvalue weighted by atomic mass is 9.83. The SMILES string of the molecule is CCOC(=O)CC1CC(c2cccc(Cl)c2)CN(Cc2ccc(C(F)(F)F)cc2)C1. The smallest absolute Gasteiger partial charge is 0.416 e. The van der Waals surface area contributed by atoms with Crippen molar-refractivity contribution in [1.29, 1.82) is 0 Å². The van der Waals surface area contributed by atoms with Crippen LogP contribution in [0.5, 0.6) is 0 Å². The van der Waals surface area contributed by atoms with Crippen molar-refractivity contribution in [2.75, 3.05) is 19.7 Å². The van der Waals surface area contributed by atoms with E-state index in [2.05, 4.69) is 4.90 Å². The maximum atomic E-state index is 12.8. The van der Waals surface area contributed by atoms with E-state index in [1.54, 1.807) is 6.92 Å². The van der Waals surface area contributed by atoms with Crippen LogP contribution in [-0.2, 0) is 22.3 Å². The minimum absolute atomic E-state index is 0.108. The highest BCUT2D eigenvalue weighted by molar-refractivity contribution is 6.30. The van der Waals surface area contributed by atoms with Gasteiger partial charge in [-0.25, -0.2) is 0 Å². The average Bonchev–Trinajstić information content (AvgIpc) is 2.67. The summed E-state index contributed by atoms with van der Waals surface area (Å²) in [6, 6.07) is 13.0. The number of rotatable bonds is 6. The molecule has 1 saturated heterocycles. The second-order valence-corrected chi connectivity index (χ2v) is 8.19. The van der Waals surface area contributed by atoms with Crippen molar-refractivity contribution in [2.45, 2.75) is 38.4 Å². The number of piperidine rings is 1. The van der Waals surface area contributed by atoms with Crippen LogP contribution in [-0.4, -0.2) is 30.6 Å². The van der Waals surface area contributed by atoms with Gasteiger partial charge in [0, 0.05) is 31.1 Å². The summed E-state index contributed by atoms with van der Waals surface area (Å²) in [5, 5.41) is 0.661. The number of benzene rings is 2. The fourth-order valence-corrected chi connectivity index (χ4v) is 4.29. The van der Waals surface area contributed by atoms with Crippen LogP contribution in [0.1, 0.15) is 42.4 Å². The van der Waals surface area contributed by atoms with E-state index in [1.165, 1.54) is 12.1 Å². The third-order valence-corrected chi connectivity index (χ3v) is 5.62. The standard InChI is InChI=1S/C23H25ClF3NO2/c1-2-30-22(29)11-17-10-19(18-4-3-5-21(24)12-18)15-28(14-17)13-16-6-8-20(9-7-16)23(25,26)27/h3-9,12,17,19H,2,10-11,13-15H2,1H3. The fraction of sp³-hybridized carbons (Fsp3) is 0.435. The topological polar surface area (TPSA) is 29.5 Å². The Bertz CT molecular complexity index is 854. The first-order chi connectivity index (χ1) is 14.2. The number of hydrogen-bond donors (Lipinski definition) is 0. The Morgan fingerprint density at radius 3 is 2.53 bits per heavy atom. The summed E-state index contributed by atoms with van der Waals surface area (Å²) >= 11 is 6.16. The molecule has 0 aromatic heterocycles. The summed E-state index contributed by atoms with van der Waals surface area (Å²) < 4.78 is 43.6. The Labute approximate surface area is 179 Å². The summed E-state index contributed by atoms with van der Waals surface area (Å²) in [6.45, 7) is 4.09. The van der Waals surface area contributed by atoms with E-state index in [-0.39, 0.29) is 17.8 Å². The number of carbonyl (C=O) groups excluding carboxylic acids is 1. The van der Waals surface area contributed by atoms with Gasteiger partial charge in [-0.3, -0.25) is 9.69 Å². The van der Waals surface area contributed by atoms with Crippen molar-refractivity contribution in [3.63, 3.8) is 0 Å². The highest BCUT2D eigenvalue weighted by atomic mass is 35.5. The molecule has 1 aliphatic rings. The van der Waals surface area contributed by atoms with Crippen molar-refractivity contribution in [3.8, 4) is 0 Å². The Morgan fingerprint density at radius 1 is 1.17 bits per heavy atom. The maximum Gasteiger partial charge on any atom is 0.416 e. The Balaban J connectivity index is 1.75. The van der Waals surface area contributed by atoms with Gasteiger partial charge in [0.25, 0.3) is 0 Å². The van der Waals surface area contributed by atoms with Gasteiger partial charge >= 0.3 is 12.1 Å². The van der Waals surface area contributed by atoms with E-state index in [9.17, 15) is 18.0 Å². The van der Waals surface area contributed by atoms with Crippen molar-refractivity contribution in [3.05, 3.63) is 70.2 Å². The number of alkyl halides is 3. The molecule has 2 atom stereocenters. The molecule has 0 N–H and O–H groups in total. The van der Waals surface area contributed by atoms with Gasteiger partial charge in [-0.05, 0) is 60.6 Å². The minimum Gasteiger partial charge on any atom is -0.466 e. The lowest BCUT2D eigenvalue weighted by Crippen LogP contribution is -2.40. The zero-order chi connectivity index (χ0) is 21.7. The summed E-state index contributed by atoms with van der Waals surface area (Å²) in [5.41, 5.74) is 1.26. The average molecular weight is 440 g/mol. The lowest BCUT2D eigenvalue weighted by molar-refractivity contribution is -0.144. The van der Waals surface area contributed by atoms with E-state index < -0.39 is 11.7 Å². The summed E-state index contributed by atoms with van der Waals surface area (Å²) in [6.07, 6.45) is -3.18. The highest BCUT2D eigenvalue weighted by Crippen LogP contribution is 2.34. The van der Waals surface area contributed by atoms with E-state index >= 15 is 0 Å². The molecule has 0 bridgehead atoms. The van der Waals surface area contributed by atoms with Crippen LogP contribution in [0, 0.1) is 5.92 Å². The van der Waals surface area contributed by atoms with Crippen LogP contribution in [0.3, 0.4) is 0 Å². The number of esters is 1. The van der Waals surface area contributed by atoms with Crippen LogP contribution in [0.2, 0.25) is 5.02 Å². The molecule has 0 aliphatic carbocycles. The number of ether oxygens (including phenoxy) is 1. The van der Waals surface area contributed by atoms with Gasteiger partial charge in [0.05, 0.1) is 12.2 Å². The molecule has 0 saturated carbocycles. The first-order valence-electron chi connectivity index (χ1n) is 10.0. The van der Waals surface area contributed by atoms with E-state index in [1.807, 2.05) is 24.3 Å². The van der Waals surface area contributed by atoms with Crippen molar-refractivity contribution >= 4 is 17.6 Å². The molecule has 3 nitrogen and oxygen atoms in total. The summed E-state index contributed by atoms with van der Waals surface area (Å²) in [7, 11) is 0. The number of halogens is 4. The van der Waals surface area contributed by atoms with E-state index in [0.29, 0.717) is 31.1 Å². The predicted molar refractivity (Wildman–Crippen MR) is 110 cm³/mol. The van der Waals surface area contributed by atoms with Crippen LogP contribution < -0.4 is 0 Å². The lowest BCUT2D eigenvalue weighted by Gasteiger charge is -2.38. The van der Waals surface area contributed by atoms with Crippen LogP contribution in [0.4, 0.5) is 13.2 Å². The molecule has 1 aliphatic heterocycles. The van der Waals surface area contributed by atoms with Crippen molar-refractivity contribution in [2.24, 2.45) is 5.92 Å². The van der Waals surface area contributed by atoms with Gasteiger partial charge < -0.3 is 4.74 Å². The monoisotopic (exact) mass is 439 g/mol. The van der Waals surface area contributed by atoms with Crippen molar-refractivity contribution < 1.29 is 22.7 Å². The van der Waals surface area contributed by atoms with Crippen LogP contribution in [0.15, 0.2) is 48.5 Å². The predicted octanol–water partition coefficient (Wildman–Crippen LogP) is 5.92. The Hall–Kier alpha value is -2.05. The molecular formula is C23H25ClF3NO2.